The summed E-state index contributed by atoms with van der Waals surface area (Å²) in [6, 6.07) is 6.33. The molecule has 1 aromatic rings. The maximum Gasteiger partial charge on any atom is 0.123 e. The molecule has 1 aliphatic heterocycles. The molecular formula is C10H11FOS2. The molecule has 14 heavy (non-hydrogen) atoms. The van der Waals surface area contributed by atoms with Gasteiger partial charge in [0.15, 0.2) is 0 Å². The van der Waals surface area contributed by atoms with E-state index in [2.05, 4.69) is 0 Å². The summed E-state index contributed by atoms with van der Waals surface area (Å²) in [7, 11) is -0.795. The number of halogens is 1. The molecule has 0 amide bonds. The third-order valence-corrected chi connectivity index (χ3v) is 5.73. The van der Waals surface area contributed by atoms with Gasteiger partial charge >= 0.3 is 0 Å². The molecule has 0 bridgehead atoms. The van der Waals surface area contributed by atoms with Gasteiger partial charge in [-0.2, -0.15) is 0 Å². The van der Waals surface area contributed by atoms with Crippen LogP contribution in [0.5, 0.6) is 0 Å². The maximum atomic E-state index is 12.7. The van der Waals surface area contributed by atoms with E-state index in [-0.39, 0.29) is 10.4 Å². The zero-order chi connectivity index (χ0) is 9.97. The first kappa shape index (κ1) is 10.2. The Kier molecular flexibility index (Phi) is 3.23. The summed E-state index contributed by atoms with van der Waals surface area (Å²) >= 11 is 1.71. The Hall–Kier alpha value is -0.350. The van der Waals surface area contributed by atoms with Crippen molar-refractivity contribution in [2.45, 2.75) is 11.0 Å². The third-order valence-electron chi connectivity index (χ3n) is 2.14. The van der Waals surface area contributed by atoms with Crippen molar-refractivity contribution in [3.63, 3.8) is 0 Å². The second-order valence-corrected chi connectivity index (χ2v) is 6.35. The topological polar surface area (TPSA) is 17.1 Å². The molecule has 2 atom stereocenters. The van der Waals surface area contributed by atoms with Crippen molar-refractivity contribution in [2.24, 2.45) is 0 Å². The van der Waals surface area contributed by atoms with Gasteiger partial charge in [0, 0.05) is 16.6 Å². The van der Waals surface area contributed by atoms with Crippen LogP contribution in [-0.2, 0) is 10.8 Å². The van der Waals surface area contributed by atoms with Gasteiger partial charge in [0.05, 0.1) is 0 Å². The average molecular weight is 230 g/mol. The Labute approximate surface area is 89.5 Å². The normalized spacial score (nSPS) is 27.5. The van der Waals surface area contributed by atoms with Crippen molar-refractivity contribution in [2.75, 3.05) is 11.5 Å². The lowest BCUT2D eigenvalue weighted by molar-refractivity contribution is 0.627. The van der Waals surface area contributed by atoms with E-state index in [0.717, 1.165) is 23.5 Å². The molecule has 2 rings (SSSR count). The molecule has 0 saturated carbocycles. The fourth-order valence-electron chi connectivity index (χ4n) is 1.44. The van der Waals surface area contributed by atoms with Crippen molar-refractivity contribution in [3.8, 4) is 0 Å². The minimum atomic E-state index is -0.795. The highest BCUT2D eigenvalue weighted by Crippen LogP contribution is 2.36. The van der Waals surface area contributed by atoms with Crippen molar-refractivity contribution in [1.29, 1.82) is 0 Å². The van der Waals surface area contributed by atoms with Gasteiger partial charge in [-0.05, 0) is 29.9 Å². The second-order valence-electron chi connectivity index (χ2n) is 3.19. The molecule has 1 unspecified atom stereocenters. The fourth-order valence-corrected chi connectivity index (χ4v) is 4.79. The summed E-state index contributed by atoms with van der Waals surface area (Å²) in [4.78, 5) is 0. The van der Waals surface area contributed by atoms with Crippen LogP contribution < -0.4 is 0 Å². The lowest BCUT2D eigenvalue weighted by Crippen LogP contribution is -2.13. The predicted octanol–water partition coefficient (Wildman–Crippen LogP) is 2.71. The molecule has 1 fully saturated rings. The van der Waals surface area contributed by atoms with Crippen LogP contribution in [0.1, 0.15) is 16.6 Å². The maximum absolute atomic E-state index is 12.7. The molecule has 0 aliphatic carbocycles. The lowest BCUT2D eigenvalue weighted by Gasteiger charge is -2.20. The molecule has 0 aromatic heterocycles. The van der Waals surface area contributed by atoms with E-state index in [0.29, 0.717) is 0 Å². The fraction of sp³-hybridized carbons (Fsp3) is 0.400. The number of rotatable bonds is 1. The number of hydrogen-bond donors (Lipinski definition) is 0. The van der Waals surface area contributed by atoms with Gasteiger partial charge in [0.1, 0.15) is 10.4 Å². The Morgan fingerprint density at radius 2 is 2.07 bits per heavy atom. The quantitative estimate of drug-likeness (QED) is 0.738. The van der Waals surface area contributed by atoms with Crippen LogP contribution in [0.3, 0.4) is 0 Å². The van der Waals surface area contributed by atoms with Crippen LogP contribution in [-0.4, -0.2) is 15.7 Å². The van der Waals surface area contributed by atoms with Crippen molar-refractivity contribution < 1.29 is 8.60 Å². The summed E-state index contributed by atoms with van der Waals surface area (Å²) in [5, 5.41) is 0. The molecule has 1 aromatic carbocycles. The molecule has 0 N–H and O–H groups in total. The monoisotopic (exact) mass is 230 g/mol. The summed E-state index contributed by atoms with van der Waals surface area (Å²) < 4.78 is 24.4. The summed E-state index contributed by atoms with van der Waals surface area (Å²) in [5.74, 6) is 1.59. The smallest absolute Gasteiger partial charge is 0.123 e. The molecule has 1 heterocycles. The Morgan fingerprint density at radius 1 is 1.36 bits per heavy atom. The summed E-state index contributed by atoms with van der Waals surface area (Å²) in [5.41, 5.74) is 0.981. The first-order chi connectivity index (χ1) is 6.77. The standard InChI is InChI=1S/C10H11FOS2/c11-9-4-2-8(3-5-9)10-13-6-1-7-14(10)12/h2-5,10H,1,6-7H2/t10-,14?/m0/s1. The third kappa shape index (κ3) is 2.17. The zero-order valence-electron chi connectivity index (χ0n) is 7.61. The van der Waals surface area contributed by atoms with Crippen LogP contribution in [0, 0.1) is 5.82 Å². The minimum Gasteiger partial charge on any atom is -0.258 e. The highest BCUT2D eigenvalue weighted by Gasteiger charge is 2.22. The molecule has 4 heteroatoms. The lowest BCUT2D eigenvalue weighted by atomic mass is 10.2. The van der Waals surface area contributed by atoms with Crippen molar-refractivity contribution in [1.82, 2.24) is 0 Å². The van der Waals surface area contributed by atoms with E-state index in [1.165, 1.54) is 12.1 Å². The van der Waals surface area contributed by atoms with Crippen LogP contribution >= 0.6 is 11.8 Å². The van der Waals surface area contributed by atoms with Gasteiger partial charge in [0.25, 0.3) is 0 Å². The predicted molar refractivity (Wildman–Crippen MR) is 59.2 cm³/mol. The highest BCUT2D eigenvalue weighted by molar-refractivity contribution is 8.11. The van der Waals surface area contributed by atoms with Gasteiger partial charge in [-0.15, -0.1) is 11.8 Å². The van der Waals surface area contributed by atoms with Gasteiger partial charge in [-0.25, -0.2) is 4.39 Å². The van der Waals surface area contributed by atoms with E-state index >= 15 is 0 Å². The van der Waals surface area contributed by atoms with Crippen molar-refractivity contribution >= 4 is 22.6 Å². The summed E-state index contributed by atoms with van der Waals surface area (Å²) in [6.45, 7) is 0. The molecule has 0 radical (unpaired) electrons. The van der Waals surface area contributed by atoms with Crippen LogP contribution in [0.4, 0.5) is 4.39 Å². The van der Waals surface area contributed by atoms with Gasteiger partial charge in [-0.1, -0.05) is 12.1 Å². The van der Waals surface area contributed by atoms with Crippen LogP contribution in [0.25, 0.3) is 0 Å². The molecular weight excluding hydrogens is 219 g/mol. The van der Waals surface area contributed by atoms with E-state index < -0.39 is 10.8 Å². The van der Waals surface area contributed by atoms with Crippen molar-refractivity contribution in [3.05, 3.63) is 35.6 Å². The Morgan fingerprint density at radius 3 is 2.71 bits per heavy atom. The minimum absolute atomic E-state index is 0.0457. The van der Waals surface area contributed by atoms with Gasteiger partial charge in [0.2, 0.25) is 0 Å². The van der Waals surface area contributed by atoms with E-state index in [9.17, 15) is 8.60 Å². The Bertz CT molecular complexity index is 336. The van der Waals surface area contributed by atoms with Crippen LogP contribution in [0.15, 0.2) is 24.3 Å². The average Bonchev–Trinajstić information content (AvgIpc) is 2.20. The number of benzene rings is 1. The number of thioether (sulfide) groups is 1. The van der Waals surface area contributed by atoms with Gasteiger partial charge in [-0.3, -0.25) is 4.21 Å². The first-order valence-corrected chi connectivity index (χ1v) is 6.95. The molecule has 76 valence electrons. The Balaban J connectivity index is 2.20. The summed E-state index contributed by atoms with van der Waals surface area (Å²) in [6.07, 6.45) is 1.02. The van der Waals surface area contributed by atoms with E-state index in [1.807, 2.05) is 0 Å². The van der Waals surface area contributed by atoms with Gasteiger partial charge < -0.3 is 0 Å². The van der Waals surface area contributed by atoms with E-state index in [1.54, 1.807) is 23.9 Å². The first-order valence-electron chi connectivity index (χ1n) is 4.51. The largest absolute Gasteiger partial charge is 0.258 e. The molecule has 1 nitrogen and oxygen atoms in total. The highest BCUT2D eigenvalue weighted by atomic mass is 32.2. The molecule has 0 spiro atoms. The molecule has 1 saturated heterocycles. The SMILES string of the molecule is O=S1CCCS[C@@H]1c1ccc(F)cc1. The second kappa shape index (κ2) is 4.45. The zero-order valence-corrected chi connectivity index (χ0v) is 9.24. The van der Waals surface area contributed by atoms with E-state index in [4.69, 9.17) is 0 Å². The number of hydrogen-bond acceptors (Lipinski definition) is 2. The molecule has 1 aliphatic rings. The van der Waals surface area contributed by atoms with Crippen LogP contribution in [0.2, 0.25) is 0 Å².